The van der Waals surface area contributed by atoms with Gasteiger partial charge in [-0.2, -0.15) is 0 Å². The van der Waals surface area contributed by atoms with E-state index >= 15 is 0 Å². The Morgan fingerprint density at radius 2 is 1.90 bits per heavy atom. The molecule has 21 heavy (non-hydrogen) atoms. The lowest BCUT2D eigenvalue weighted by Gasteiger charge is -2.07. The van der Waals surface area contributed by atoms with E-state index < -0.39 is 17.8 Å². The zero-order valence-electron chi connectivity index (χ0n) is 11.3. The first-order chi connectivity index (χ1) is 10.0. The molecule has 0 aromatic heterocycles. The van der Waals surface area contributed by atoms with Gasteiger partial charge in [-0.3, -0.25) is 14.4 Å². The summed E-state index contributed by atoms with van der Waals surface area (Å²) >= 11 is 0. The number of aliphatic carboxylic acids is 1. The molecular formula is C15H16N2O4. The number of anilines is 1. The third-order valence-electron chi connectivity index (χ3n) is 3.75. The average Bonchev–Trinajstić information content (AvgIpc) is 3.32. The smallest absolute Gasteiger partial charge is 0.307 e. The van der Waals surface area contributed by atoms with Crippen molar-refractivity contribution in [2.45, 2.75) is 25.3 Å². The zero-order valence-corrected chi connectivity index (χ0v) is 11.3. The molecule has 0 spiro atoms. The molecule has 0 aliphatic heterocycles. The fraction of sp³-hybridized carbons (Fsp3) is 0.400. The van der Waals surface area contributed by atoms with E-state index in [0.29, 0.717) is 17.7 Å². The first-order valence-electron chi connectivity index (χ1n) is 6.99. The molecule has 0 saturated heterocycles. The van der Waals surface area contributed by atoms with Crippen LogP contribution in [-0.2, 0) is 9.59 Å². The van der Waals surface area contributed by atoms with Crippen molar-refractivity contribution in [2.24, 2.45) is 11.8 Å². The Morgan fingerprint density at radius 3 is 2.52 bits per heavy atom. The van der Waals surface area contributed by atoms with Crippen LogP contribution < -0.4 is 10.6 Å². The van der Waals surface area contributed by atoms with Gasteiger partial charge < -0.3 is 15.7 Å². The third-order valence-corrected chi connectivity index (χ3v) is 3.75. The summed E-state index contributed by atoms with van der Waals surface area (Å²) in [5, 5.41) is 14.4. The molecule has 1 aromatic carbocycles. The van der Waals surface area contributed by atoms with Gasteiger partial charge in [0.15, 0.2) is 0 Å². The number of hydrogen-bond acceptors (Lipinski definition) is 3. The minimum Gasteiger partial charge on any atom is -0.481 e. The van der Waals surface area contributed by atoms with Crippen LogP contribution in [0.25, 0.3) is 0 Å². The van der Waals surface area contributed by atoms with Crippen molar-refractivity contribution in [3.8, 4) is 0 Å². The van der Waals surface area contributed by atoms with Crippen LogP contribution in [0.1, 0.15) is 29.6 Å². The summed E-state index contributed by atoms with van der Waals surface area (Å²) in [5.41, 5.74) is 1.00. The molecule has 2 saturated carbocycles. The van der Waals surface area contributed by atoms with E-state index in [0.717, 1.165) is 12.8 Å². The highest BCUT2D eigenvalue weighted by Gasteiger charge is 2.48. The fourth-order valence-corrected chi connectivity index (χ4v) is 2.23. The van der Waals surface area contributed by atoms with Gasteiger partial charge in [-0.1, -0.05) is 6.07 Å². The summed E-state index contributed by atoms with van der Waals surface area (Å²) in [6, 6.07) is 6.94. The predicted molar refractivity (Wildman–Crippen MR) is 74.8 cm³/mol. The Hall–Kier alpha value is -2.37. The number of benzene rings is 1. The second-order valence-corrected chi connectivity index (χ2v) is 5.60. The highest BCUT2D eigenvalue weighted by atomic mass is 16.4. The molecule has 0 unspecified atom stereocenters. The number of rotatable bonds is 5. The van der Waals surface area contributed by atoms with Gasteiger partial charge in [-0.15, -0.1) is 0 Å². The molecule has 6 heteroatoms. The Balaban J connectivity index is 1.62. The number of nitrogens with one attached hydrogen (secondary N) is 2. The third kappa shape index (κ3) is 3.21. The maximum Gasteiger partial charge on any atom is 0.307 e. The summed E-state index contributed by atoms with van der Waals surface area (Å²) in [7, 11) is 0. The fourth-order valence-electron chi connectivity index (χ4n) is 2.23. The van der Waals surface area contributed by atoms with Crippen LogP contribution in [0.5, 0.6) is 0 Å². The number of carboxylic acid groups (broad SMARTS) is 1. The lowest BCUT2D eigenvalue weighted by atomic mass is 10.2. The molecule has 2 aliphatic carbocycles. The van der Waals surface area contributed by atoms with Crippen molar-refractivity contribution >= 4 is 23.5 Å². The standard InChI is InChI=1S/C15H16N2O4/c18-13(16-9-4-5-9)8-2-1-3-10(6-8)17-14(19)11-7-12(11)15(20)21/h1-3,6,9,11-12H,4-5,7H2,(H,16,18)(H,17,19)(H,20,21)/t11-,12+/m1/s1. The maximum atomic E-state index is 11.9. The van der Waals surface area contributed by atoms with Crippen LogP contribution >= 0.6 is 0 Å². The minimum absolute atomic E-state index is 0.150. The van der Waals surface area contributed by atoms with Crippen molar-refractivity contribution in [3.05, 3.63) is 29.8 Å². The molecule has 3 N–H and O–H groups in total. The van der Waals surface area contributed by atoms with E-state index in [4.69, 9.17) is 5.11 Å². The molecule has 2 aliphatic rings. The van der Waals surface area contributed by atoms with Crippen LogP contribution in [-0.4, -0.2) is 28.9 Å². The van der Waals surface area contributed by atoms with Crippen LogP contribution in [0.3, 0.4) is 0 Å². The molecule has 2 atom stereocenters. The van der Waals surface area contributed by atoms with E-state index in [1.165, 1.54) is 0 Å². The van der Waals surface area contributed by atoms with Crippen LogP contribution in [0.4, 0.5) is 5.69 Å². The first-order valence-corrected chi connectivity index (χ1v) is 6.99. The van der Waals surface area contributed by atoms with Crippen LogP contribution in [0, 0.1) is 11.8 Å². The molecule has 0 bridgehead atoms. The van der Waals surface area contributed by atoms with E-state index in [9.17, 15) is 14.4 Å². The molecule has 2 amide bonds. The summed E-state index contributed by atoms with van der Waals surface area (Å²) in [5.74, 6) is -2.43. The molecular weight excluding hydrogens is 272 g/mol. The SMILES string of the molecule is O=C(NC1CC1)c1cccc(NC(=O)[C@@H]2C[C@@H]2C(=O)O)c1. The minimum atomic E-state index is -0.937. The highest BCUT2D eigenvalue weighted by Crippen LogP contribution is 2.39. The molecule has 6 nitrogen and oxygen atoms in total. The summed E-state index contributed by atoms with van der Waals surface area (Å²) in [4.78, 5) is 34.6. The largest absolute Gasteiger partial charge is 0.481 e. The molecule has 0 radical (unpaired) electrons. The van der Waals surface area contributed by atoms with E-state index in [-0.39, 0.29) is 17.9 Å². The Kier molecular flexibility index (Phi) is 3.37. The Labute approximate surface area is 121 Å². The van der Waals surface area contributed by atoms with Crippen molar-refractivity contribution in [3.63, 3.8) is 0 Å². The van der Waals surface area contributed by atoms with E-state index in [2.05, 4.69) is 10.6 Å². The quantitative estimate of drug-likeness (QED) is 0.759. The van der Waals surface area contributed by atoms with Gasteiger partial charge in [-0.05, 0) is 37.5 Å². The maximum absolute atomic E-state index is 11.9. The Morgan fingerprint density at radius 1 is 1.14 bits per heavy atom. The van der Waals surface area contributed by atoms with Gasteiger partial charge in [0, 0.05) is 17.3 Å². The second kappa shape index (κ2) is 5.20. The van der Waals surface area contributed by atoms with E-state index in [1.54, 1.807) is 24.3 Å². The van der Waals surface area contributed by atoms with Crippen molar-refractivity contribution in [2.75, 3.05) is 5.32 Å². The molecule has 0 heterocycles. The van der Waals surface area contributed by atoms with Gasteiger partial charge in [0.2, 0.25) is 5.91 Å². The molecule has 3 rings (SSSR count). The number of carbonyl (C=O) groups excluding carboxylic acids is 2. The van der Waals surface area contributed by atoms with Crippen molar-refractivity contribution < 1.29 is 19.5 Å². The summed E-state index contributed by atoms with van der Waals surface area (Å²) in [6.07, 6.45) is 2.41. The molecule has 110 valence electrons. The van der Waals surface area contributed by atoms with Gasteiger partial charge in [0.25, 0.3) is 5.91 Å². The first kappa shape index (κ1) is 13.6. The number of carboxylic acids is 1. The van der Waals surface area contributed by atoms with E-state index in [1.807, 2.05) is 0 Å². The predicted octanol–water partition coefficient (Wildman–Crippen LogP) is 1.24. The lowest BCUT2D eigenvalue weighted by molar-refractivity contribution is -0.139. The molecule has 1 aromatic rings. The van der Waals surface area contributed by atoms with Gasteiger partial charge in [0.05, 0.1) is 11.8 Å². The summed E-state index contributed by atoms with van der Waals surface area (Å²) < 4.78 is 0. The topological polar surface area (TPSA) is 95.5 Å². The van der Waals surface area contributed by atoms with Crippen molar-refractivity contribution in [1.29, 1.82) is 0 Å². The number of carbonyl (C=O) groups is 3. The zero-order chi connectivity index (χ0) is 15.0. The highest BCUT2D eigenvalue weighted by molar-refractivity contribution is 6.00. The summed E-state index contributed by atoms with van der Waals surface area (Å²) in [6.45, 7) is 0. The normalized spacial score (nSPS) is 23.2. The van der Waals surface area contributed by atoms with Crippen LogP contribution in [0.15, 0.2) is 24.3 Å². The number of amides is 2. The van der Waals surface area contributed by atoms with Gasteiger partial charge in [0.1, 0.15) is 0 Å². The monoisotopic (exact) mass is 288 g/mol. The van der Waals surface area contributed by atoms with Crippen molar-refractivity contribution in [1.82, 2.24) is 5.32 Å². The van der Waals surface area contributed by atoms with Crippen LogP contribution in [0.2, 0.25) is 0 Å². The second-order valence-electron chi connectivity index (χ2n) is 5.60. The lowest BCUT2D eigenvalue weighted by Crippen LogP contribution is -2.25. The molecule has 2 fully saturated rings. The van der Waals surface area contributed by atoms with Gasteiger partial charge in [-0.25, -0.2) is 0 Å². The Bertz CT molecular complexity index is 609. The number of hydrogen-bond donors (Lipinski definition) is 3. The average molecular weight is 288 g/mol. The van der Waals surface area contributed by atoms with Gasteiger partial charge >= 0.3 is 5.97 Å².